The second kappa shape index (κ2) is 10.9. The predicted molar refractivity (Wildman–Crippen MR) is 92.5 cm³/mol. The molecule has 1 aromatic carbocycles. The molecule has 0 aliphatic heterocycles. The first kappa shape index (κ1) is 18.3. The number of carbonyl (C=O) groups is 1. The third kappa shape index (κ3) is 7.91. The molecular formula is C18H30N2O2. The fourth-order valence-corrected chi connectivity index (χ4v) is 2.16. The van der Waals surface area contributed by atoms with E-state index in [1.807, 2.05) is 38.1 Å². The van der Waals surface area contributed by atoms with Gasteiger partial charge >= 0.3 is 0 Å². The number of unbranched alkanes of at least 4 members (excludes halogenated alkanes) is 4. The minimum absolute atomic E-state index is 0.0230. The van der Waals surface area contributed by atoms with Gasteiger partial charge in [0.1, 0.15) is 5.75 Å². The van der Waals surface area contributed by atoms with Gasteiger partial charge in [-0.25, -0.2) is 0 Å². The highest BCUT2D eigenvalue weighted by Crippen LogP contribution is 2.24. The average Bonchev–Trinajstić information content (AvgIpc) is 2.49. The maximum Gasteiger partial charge on any atom is 0.239 e. The summed E-state index contributed by atoms with van der Waals surface area (Å²) in [7, 11) is 0. The lowest BCUT2D eigenvalue weighted by Crippen LogP contribution is -2.30. The molecule has 1 rings (SSSR count). The van der Waals surface area contributed by atoms with E-state index >= 15 is 0 Å². The number of nitrogens with one attached hydrogen (secondary N) is 2. The number of anilines is 1. The van der Waals surface area contributed by atoms with Crippen molar-refractivity contribution in [3.05, 3.63) is 24.3 Å². The number of benzene rings is 1. The molecule has 0 saturated carbocycles. The highest BCUT2D eigenvalue weighted by atomic mass is 16.5. The zero-order valence-electron chi connectivity index (χ0n) is 14.2. The largest absolute Gasteiger partial charge is 0.489 e. The quantitative estimate of drug-likeness (QED) is 0.608. The molecule has 0 aromatic heterocycles. The molecule has 0 fully saturated rings. The molecule has 4 heteroatoms. The summed E-state index contributed by atoms with van der Waals surface area (Å²) < 4.78 is 5.72. The van der Waals surface area contributed by atoms with Crippen LogP contribution in [0.15, 0.2) is 24.3 Å². The molecule has 22 heavy (non-hydrogen) atoms. The van der Waals surface area contributed by atoms with Crippen LogP contribution in [-0.4, -0.2) is 25.1 Å². The summed E-state index contributed by atoms with van der Waals surface area (Å²) in [4.78, 5) is 11.8. The predicted octanol–water partition coefficient (Wildman–Crippen LogP) is 3.97. The molecule has 0 aliphatic rings. The monoisotopic (exact) mass is 306 g/mol. The lowest BCUT2D eigenvalue weighted by atomic mass is 10.1. The maximum atomic E-state index is 11.8. The number of hydrogen-bond donors (Lipinski definition) is 2. The molecule has 0 spiro atoms. The van der Waals surface area contributed by atoms with Crippen LogP contribution in [-0.2, 0) is 4.79 Å². The van der Waals surface area contributed by atoms with E-state index < -0.39 is 0 Å². The molecule has 2 N–H and O–H groups in total. The molecule has 0 heterocycles. The van der Waals surface area contributed by atoms with Gasteiger partial charge in [0, 0.05) is 6.54 Å². The van der Waals surface area contributed by atoms with Crippen molar-refractivity contribution < 1.29 is 9.53 Å². The summed E-state index contributed by atoms with van der Waals surface area (Å²) in [5.74, 6) is 0.805. The average molecular weight is 306 g/mol. The zero-order valence-corrected chi connectivity index (χ0v) is 14.2. The topological polar surface area (TPSA) is 50.4 Å². The van der Waals surface area contributed by atoms with Gasteiger partial charge in [-0.05, 0) is 32.4 Å². The SMILES string of the molecule is CCCCCCCNC(=O)CNc1ccccc1OC(C)C. The standard InChI is InChI=1S/C18H30N2O2/c1-4-5-6-7-10-13-19-18(21)14-20-16-11-8-9-12-17(16)22-15(2)3/h8-9,11-12,15,20H,4-7,10,13-14H2,1-3H3,(H,19,21). The third-order valence-electron chi connectivity index (χ3n) is 3.29. The first-order valence-corrected chi connectivity index (χ1v) is 8.39. The van der Waals surface area contributed by atoms with E-state index in [-0.39, 0.29) is 18.6 Å². The van der Waals surface area contributed by atoms with Crippen LogP contribution in [0.2, 0.25) is 0 Å². The molecular weight excluding hydrogens is 276 g/mol. The van der Waals surface area contributed by atoms with Gasteiger partial charge in [-0.2, -0.15) is 0 Å². The molecule has 1 amide bonds. The van der Waals surface area contributed by atoms with Crippen molar-refractivity contribution in [1.82, 2.24) is 5.32 Å². The van der Waals surface area contributed by atoms with Crippen LogP contribution in [0.4, 0.5) is 5.69 Å². The first-order valence-electron chi connectivity index (χ1n) is 8.39. The van der Waals surface area contributed by atoms with Crippen molar-refractivity contribution in [2.24, 2.45) is 0 Å². The lowest BCUT2D eigenvalue weighted by Gasteiger charge is -2.15. The molecule has 0 radical (unpaired) electrons. The summed E-state index contributed by atoms with van der Waals surface area (Å²) in [5.41, 5.74) is 0.856. The number of para-hydroxylation sites is 2. The van der Waals surface area contributed by atoms with E-state index in [1.165, 1.54) is 25.7 Å². The van der Waals surface area contributed by atoms with Crippen LogP contribution in [0.1, 0.15) is 52.9 Å². The molecule has 124 valence electrons. The molecule has 0 saturated heterocycles. The van der Waals surface area contributed by atoms with Gasteiger partial charge in [0.25, 0.3) is 0 Å². The number of amides is 1. The molecule has 0 unspecified atom stereocenters. The maximum absolute atomic E-state index is 11.8. The van der Waals surface area contributed by atoms with E-state index in [0.717, 1.165) is 24.4 Å². The Bertz CT molecular complexity index is 433. The third-order valence-corrected chi connectivity index (χ3v) is 3.29. The second-order valence-electron chi connectivity index (χ2n) is 5.78. The Labute approximate surface area is 134 Å². The smallest absolute Gasteiger partial charge is 0.239 e. The highest BCUT2D eigenvalue weighted by molar-refractivity contribution is 5.81. The Kier molecular flexibility index (Phi) is 9.12. The Morgan fingerprint density at radius 3 is 2.59 bits per heavy atom. The van der Waals surface area contributed by atoms with Crippen LogP contribution < -0.4 is 15.4 Å². The van der Waals surface area contributed by atoms with Gasteiger partial charge in [-0.3, -0.25) is 4.79 Å². The van der Waals surface area contributed by atoms with E-state index in [2.05, 4.69) is 17.6 Å². The molecule has 0 bridgehead atoms. The van der Waals surface area contributed by atoms with Gasteiger partial charge in [0.15, 0.2) is 0 Å². The van der Waals surface area contributed by atoms with Crippen LogP contribution in [0.5, 0.6) is 5.75 Å². The Morgan fingerprint density at radius 1 is 1.14 bits per heavy atom. The van der Waals surface area contributed by atoms with Crippen molar-refractivity contribution in [2.45, 2.75) is 59.0 Å². The van der Waals surface area contributed by atoms with Gasteiger partial charge in [0.2, 0.25) is 5.91 Å². The minimum Gasteiger partial charge on any atom is -0.489 e. The minimum atomic E-state index is 0.0230. The van der Waals surface area contributed by atoms with Crippen molar-refractivity contribution in [3.8, 4) is 5.75 Å². The number of rotatable bonds is 11. The summed E-state index contributed by atoms with van der Waals surface area (Å²) in [6, 6.07) is 7.70. The fraction of sp³-hybridized carbons (Fsp3) is 0.611. The van der Waals surface area contributed by atoms with Gasteiger partial charge in [-0.15, -0.1) is 0 Å². The Morgan fingerprint density at radius 2 is 1.86 bits per heavy atom. The molecule has 0 atom stereocenters. The van der Waals surface area contributed by atoms with E-state index in [9.17, 15) is 4.79 Å². The van der Waals surface area contributed by atoms with Crippen molar-refractivity contribution in [2.75, 3.05) is 18.4 Å². The lowest BCUT2D eigenvalue weighted by molar-refractivity contribution is -0.119. The van der Waals surface area contributed by atoms with Crippen molar-refractivity contribution >= 4 is 11.6 Å². The normalized spacial score (nSPS) is 10.5. The van der Waals surface area contributed by atoms with Crippen LogP contribution in [0.3, 0.4) is 0 Å². The van der Waals surface area contributed by atoms with E-state index in [4.69, 9.17) is 4.74 Å². The van der Waals surface area contributed by atoms with Crippen LogP contribution >= 0.6 is 0 Å². The second-order valence-corrected chi connectivity index (χ2v) is 5.78. The Hall–Kier alpha value is -1.71. The van der Waals surface area contributed by atoms with Crippen LogP contribution in [0.25, 0.3) is 0 Å². The summed E-state index contributed by atoms with van der Waals surface area (Å²) >= 11 is 0. The molecule has 0 aliphatic carbocycles. The molecule has 4 nitrogen and oxygen atoms in total. The summed E-state index contributed by atoms with van der Waals surface area (Å²) in [5, 5.41) is 6.09. The number of ether oxygens (including phenoxy) is 1. The van der Waals surface area contributed by atoms with Crippen molar-refractivity contribution in [3.63, 3.8) is 0 Å². The number of carbonyl (C=O) groups excluding carboxylic acids is 1. The molecule has 1 aromatic rings. The Balaban J connectivity index is 2.26. The summed E-state index contributed by atoms with van der Waals surface area (Å²) in [6.45, 7) is 7.21. The van der Waals surface area contributed by atoms with E-state index in [1.54, 1.807) is 0 Å². The van der Waals surface area contributed by atoms with Gasteiger partial charge in [-0.1, -0.05) is 44.7 Å². The van der Waals surface area contributed by atoms with Gasteiger partial charge < -0.3 is 15.4 Å². The first-order chi connectivity index (χ1) is 10.6. The zero-order chi connectivity index (χ0) is 16.2. The number of hydrogen-bond acceptors (Lipinski definition) is 3. The highest BCUT2D eigenvalue weighted by Gasteiger charge is 2.06. The van der Waals surface area contributed by atoms with Crippen molar-refractivity contribution in [1.29, 1.82) is 0 Å². The van der Waals surface area contributed by atoms with Gasteiger partial charge in [0.05, 0.1) is 18.3 Å². The van der Waals surface area contributed by atoms with Crippen LogP contribution in [0, 0.1) is 0 Å². The fourth-order valence-electron chi connectivity index (χ4n) is 2.16. The van der Waals surface area contributed by atoms with E-state index in [0.29, 0.717) is 0 Å². The summed E-state index contributed by atoms with van der Waals surface area (Å²) in [6.07, 6.45) is 6.13.